The Balaban J connectivity index is 1.59. The molecule has 1 aliphatic carbocycles. The van der Waals surface area contributed by atoms with Crippen molar-refractivity contribution in [3.63, 3.8) is 0 Å². The van der Waals surface area contributed by atoms with E-state index in [1.54, 1.807) is 29.2 Å². The summed E-state index contributed by atoms with van der Waals surface area (Å²) in [5.41, 5.74) is 8.82. The summed E-state index contributed by atoms with van der Waals surface area (Å²) in [6, 6.07) is 11.4. The fourth-order valence-corrected chi connectivity index (χ4v) is 4.25. The molecule has 0 radical (unpaired) electrons. The third-order valence-electron chi connectivity index (χ3n) is 5.70. The fraction of sp³-hybridized carbons (Fsp3) is 0.350. The molecular weight excluding hydrogens is 362 g/mol. The van der Waals surface area contributed by atoms with E-state index in [-0.39, 0.29) is 17.0 Å². The molecule has 4 rings (SSSR count). The van der Waals surface area contributed by atoms with Gasteiger partial charge in [-0.05, 0) is 49.4 Å². The van der Waals surface area contributed by atoms with Gasteiger partial charge in [0.1, 0.15) is 0 Å². The van der Waals surface area contributed by atoms with Crippen molar-refractivity contribution in [1.29, 1.82) is 0 Å². The Labute approximate surface area is 162 Å². The van der Waals surface area contributed by atoms with Crippen LogP contribution in [-0.4, -0.2) is 26.5 Å². The van der Waals surface area contributed by atoms with Crippen LogP contribution >= 0.6 is 11.6 Å². The normalized spacial score (nSPS) is 22.7. The van der Waals surface area contributed by atoms with Crippen LogP contribution in [0.3, 0.4) is 0 Å². The highest BCUT2D eigenvalue weighted by Gasteiger charge is 2.37. The maximum Gasteiger partial charge on any atom is 0.267 e. The molecule has 0 unspecified atom stereocenters. The van der Waals surface area contributed by atoms with E-state index < -0.39 is 0 Å². The third-order valence-corrected chi connectivity index (χ3v) is 5.94. The number of hydrogen-bond donors (Lipinski definition) is 2. The number of aromatic amines is 1. The van der Waals surface area contributed by atoms with Crippen molar-refractivity contribution in [3.8, 4) is 11.3 Å². The zero-order valence-corrected chi connectivity index (χ0v) is 15.7. The summed E-state index contributed by atoms with van der Waals surface area (Å²) in [7, 11) is 0. The molecule has 0 spiro atoms. The lowest BCUT2D eigenvalue weighted by atomic mass is 9.68. The predicted molar refractivity (Wildman–Crippen MR) is 106 cm³/mol. The van der Waals surface area contributed by atoms with Crippen LogP contribution in [0.1, 0.15) is 37.3 Å². The highest BCUT2D eigenvalue weighted by atomic mass is 35.5. The van der Waals surface area contributed by atoms with Gasteiger partial charge in [0.2, 0.25) is 0 Å². The Morgan fingerprint density at radius 3 is 2.74 bits per heavy atom. The SMILES string of the molecule is NC[C@]1(c2cccc(Cl)c2)CC[C@@H](n2nc(-c3cn[nH]c3)ccc2=O)CC1. The van der Waals surface area contributed by atoms with Gasteiger partial charge in [0.05, 0.1) is 17.9 Å². The summed E-state index contributed by atoms with van der Waals surface area (Å²) >= 11 is 6.19. The summed E-state index contributed by atoms with van der Waals surface area (Å²) in [5.74, 6) is 0. The Kier molecular flexibility index (Phi) is 4.85. The topological polar surface area (TPSA) is 89.6 Å². The Hall–Kier alpha value is -2.44. The van der Waals surface area contributed by atoms with Crippen LogP contribution in [0.2, 0.25) is 5.02 Å². The molecule has 1 saturated carbocycles. The minimum atomic E-state index is -0.0901. The number of nitrogens with zero attached hydrogens (tertiary/aromatic N) is 3. The lowest BCUT2D eigenvalue weighted by molar-refractivity contribution is 0.222. The minimum Gasteiger partial charge on any atom is -0.330 e. The first kappa shape index (κ1) is 17.9. The molecule has 7 heteroatoms. The molecule has 2 heterocycles. The van der Waals surface area contributed by atoms with Gasteiger partial charge in [-0.25, -0.2) is 4.68 Å². The summed E-state index contributed by atoms with van der Waals surface area (Å²) in [6.45, 7) is 0.567. The van der Waals surface area contributed by atoms with E-state index in [2.05, 4.69) is 21.4 Å². The molecule has 2 aromatic heterocycles. The standard InChI is InChI=1S/C20H22ClN5O/c21-16-3-1-2-15(10-16)20(13-22)8-6-17(7-9-20)26-19(27)5-4-18(25-26)14-11-23-24-12-14/h1-5,10-12,17H,6-9,13,22H2,(H,23,24)/t17-,20+. The molecule has 0 atom stereocenters. The molecule has 0 amide bonds. The second kappa shape index (κ2) is 7.29. The van der Waals surface area contributed by atoms with E-state index in [1.807, 2.05) is 18.2 Å². The predicted octanol–water partition coefficient (Wildman–Crippen LogP) is 3.30. The van der Waals surface area contributed by atoms with Crippen LogP contribution in [0.15, 0.2) is 53.6 Å². The summed E-state index contributed by atoms with van der Waals surface area (Å²) in [6.07, 6.45) is 6.99. The van der Waals surface area contributed by atoms with Gasteiger partial charge in [0, 0.05) is 34.8 Å². The fourth-order valence-electron chi connectivity index (χ4n) is 4.06. The van der Waals surface area contributed by atoms with Gasteiger partial charge in [-0.15, -0.1) is 0 Å². The van der Waals surface area contributed by atoms with Gasteiger partial charge < -0.3 is 5.73 Å². The van der Waals surface area contributed by atoms with E-state index in [0.717, 1.165) is 42.0 Å². The smallest absolute Gasteiger partial charge is 0.267 e. The monoisotopic (exact) mass is 383 g/mol. The highest BCUT2D eigenvalue weighted by Crippen LogP contribution is 2.42. The largest absolute Gasteiger partial charge is 0.330 e. The second-order valence-electron chi connectivity index (χ2n) is 7.21. The number of benzene rings is 1. The zero-order valence-electron chi connectivity index (χ0n) is 14.9. The Morgan fingerprint density at radius 2 is 2.07 bits per heavy atom. The first-order valence-electron chi connectivity index (χ1n) is 9.16. The number of hydrogen-bond acceptors (Lipinski definition) is 4. The second-order valence-corrected chi connectivity index (χ2v) is 7.65. The molecular formula is C20H22ClN5O. The minimum absolute atomic E-state index is 0.0724. The van der Waals surface area contributed by atoms with E-state index in [1.165, 1.54) is 5.56 Å². The van der Waals surface area contributed by atoms with Gasteiger partial charge >= 0.3 is 0 Å². The molecule has 0 saturated heterocycles. The molecule has 1 aliphatic rings. The summed E-state index contributed by atoms with van der Waals surface area (Å²) in [4.78, 5) is 12.4. The van der Waals surface area contributed by atoms with Crippen molar-refractivity contribution < 1.29 is 0 Å². The Bertz CT molecular complexity index is 974. The number of nitrogens with one attached hydrogen (secondary N) is 1. The number of halogens is 1. The summed E-state index contributed by atoms with van der Waals surface area (Å²) < 4.78 is 1.63. The average Bonchev–Trinajstić information content (AvgIpc) is 3.23. The molecule has 0 bridgehead atoms. The van der Waals surface area contributed by atoms with Crippen molar-refractivity contribution in [3.05, 3.63) is 69.7 Å². The van der Waals surface area contributed by atoms with Crippen molar-refractivity contribution in [2.45, 2.75) is 37.1 Å². The number of aromatic nitrogens is 4. The molecule has 27 heavy (non-hydrogen) atoms. The van der Waals surface area contributed by atoms with Crippen LogP contribution in [0.25, 0.3) is 11.3 Å². The highest BCUT2D eigenvalue weighted by molar-refractivity contribution is 6.30. The number of rotatable bonds is 4. The lowest BCUT2D eigenvalue weighted by Crippen LogP contribution is -2.41. The van der Waals surface area contributed by atoms with Gasteiger partial charge in [-0.3, -0.25) is 9.89 Å². The first-order chi connectivity index (χ1) is 13.1. The Morgan fingerprint density at radius 1 is 1.26 bits per heavy atom. The van der Waals surface area contributed by atoms with Crippen LogP contribution in [0.5, 0.6) is 0 Å². The number of nitrogens with two attached hydrogens (primary N) is 1. The molecule has 1 aromatic carbocycles. The van der Waals surface area contributed by atoms with Crippen LogP contribution < -0.4 is 11.3 Å². The molecule has 3 aromatic rings. The van der Waals surface area contributed by atoms with Crippen LogP contribution in [0, 0.1) is 0 Å². The van der Waals surface area contributed by atoms with Gasteiger partial charge in [-0.1, -0.05) is 23.7 Å². The van der Waals surface area contributed by atoms with Crippen LogP contribution in [-0.2, 0) is 5.41 Å². The van der Waals surface area contributed by atoms with E-state index >= 15 is 0 Å². The average molecular weight is 384 g/mol. The zero-order chi connectivity index (χ0) is 18.9. The molecule has 3 N–H and O–H groups in total. The third kappa shape index (κ3) is 3.42. The van der Waals surface area contributed by atoms with Crippen molar-refractivity contribution >= 4 is 11.6 Å². The van der Waals surface area contributed by atoms with Gasteiger partial charge in [0.15, 0.2) is 0 Å². The van der Waals surface area contributed by atoms with Gasteiger partial charge in [-0.2, -0.15) is 10.2 Å². The molecule has 6 nitrogen and oxygen atoms in total. The molecule has 1 fully saturated rings. The molecule has 140 valence electrons. The lowest BCUT2D eigenvalue weighted by Gasteiger charge is -2.40. The quantitative estimate of drug-likeness (QED) is 0.723. The maximum absolute atomic E-state index is 12.4. The van der Waals surface area contributed by atoms with Crippen LogP contribution in [0.4, 0.5) is 0 Å². The maximum atomic E-state index is 12.4. The van der Waals surface area contributed by atoms with E-state index in [0.29, 0.717) is 6.54 Å². The van der Waals surface area contributed by atoms with E-state index in [4.69, 9.17) is 17.3 Å². The van der Waals surface area contributed by atoms with Crippen molar-refractivity contribution in [2.24, 2.45) is 5.73 Å². The first-order valence-corrected chi connectivity index (χ1v) is 9.54. The van der Waals surface area contributed by atoms with Crippen molar-refractivity contribution in [2.75, 3.05) is 6.54 Å². The number of H-pyrrole nitrogens is 1. The van der Waals surface area contributed by atoms with Gasteiger partial charge in [0.25, 0.3) is 5.56 Å². The van der Waals surface area contributed by atoms with E-state index in [9.17, 15) is 4.79 Å². The van der Waals surface area contributed by atoms with Crippen molar-refractivity contribution in [1.82, 2.24) is 20.0 Å². The molecule has 0 aliphatic heterocycles. The summed E-state index contributed by atoms with van der Waals surface area (Å²) in [5, 5.41) is 12.1.